The molecule has 0 spiro atoms. The number of aliphatic hydroxyl groups excluding tert-OH is 1. The number of allylic oxidation sites excluding steroid dienone is 2. The third-order valence-corrected chi connectivity index (χ3v) is 0.418. The number of rotatable bonds is 1. The quantitative estimate of drug-likeness (QED) is 0.372. The summed E-state index contributed by atoms with van der Waals surface area (Å²) in [5.74, 6) is 0.250. The summed E-state index contributed by atoms with van der Waals surface area (Å²) >= 11 is -0.889. The summed E-state index contributed by atoms with van der Waals surface area (Å²) in [5.41, 5.74) is 0. The fraction of sp³-hybridized carbons (Fsp3) is 0.667. The van der Waals surface area contributed by atoms with Gasteiger partial charge in [0.15, 0.2) is 0 Å². The van der Waals surface area contributed by atoms with Crippen LogP contribution in [0, 0.1) is 0 Å². The number of hydrogen-bond acceptors (Lipinski definition) is 1. The molecule has 0 bridgehead atoms. The first-order valence-electron chi connectivity index (χ1n) is 4.48. The summed E-state index contributed by atoms with van der Waals surface area (Å²) < 4.78 is 0. The van der Waals surface area contributed by atoms with E-state index >= 15 is 0 Å². The Labute approximate surface area is 114 Å². The van der Waals surface area contributed by atoms with Crippen molar-refractivity contribution < 1.29 is 37.7 Å². The van der Waals surface area contributed by atoms with Crippen LogP contribution in [0.4, 0.5) is 0 Å². The van der Waals surface area contributed by atoms with E-state index in [4.69, 9.17) is 38.5 Å². The average molecular weight is 447 g/mol. The predicted octanol–water partition coefficient (Wildman–Crippen LogP) is 1.85. The second kappa shape index (κ2) is 29.5. The Balaban J connectivity index is -0.0000000677. The molecule has 0 aliphatic carbocycles. The summed E-state index contributed by atoms with van der Waals surface area (Å²) in [6.45, 7) is 7.58. The van der Waals surface area contributed by atoms with Crippen LogP contribution < -0.4 is 0 Å². The number of carbonyl (C=O) groups excluding carboxylic acids is 1. The Morgan fingerprint density at radius 2 is 1.44 bits per heavy atom. The van der Waals surface area contributed by atoms with Crippen LogP contribution in [0.15, 0.2) is 11.8 Å². The zero-order valence-corrected chi connectivity index (χ0v) is 14.8. The standard InChI is InChI=1S/C5H8O2.2C2H6O.2ClH.Ta/c1-4(6)3-5(2)7;2*1-2-3;;;/h3,6H,1-2H3;2*3H,2H2,1H3;2*1H;/q;;;;;+2/p+1/b4-3-;;;;;. The van der Waals surface area contributed by atoms with Crippen LogP contribution in [-0.2, 0) is 17.6 Å². The summed E-state index contributed by atoms with van der Waals surface area (Å²) in [4.78, 5) is 8.40. The van der Waals surface area contributed by atoms with E-state index in [1.807, 2.05) is 0 Å². The van der Waals surface area contributed by atoms with E-state index in [1.54, 1.807) is 13.8 Å². The molecule has 0 amide bonds. The minimum absolute atomic E-state index is 0.125. The Morgan fingerprint density at radius 3 is 1.44 bits per heavy atom. The van der Waals surface area contributed by atoms with Crippen molar-refractivity contribution in [2.75, 3.05) is 13.2 Å². The van der Waals surface area contributed by atoms with Crippen LogP contribution in [0.1, 0.15) is 27.7 Å². The van der Waals surface area contributed by atoms with E-state index in [-0.39, 0.29) is 11.5 Å². The van der Waals surface area contributed by atoms with Crippen molar-refractivity contribution >= 4 is 24.2 Å². The molecule has 6 N–H and O–H groups in total. The summed E-state index contributed by atoms with van der Waals surface area (Å²) in [6, 6.07) is 0. The molecular formula is C9H23Cl2O4Ta+3. The maximum absolute atomic E-state index is 8.40. The molecule has 16 heavy (non-hydrogen) atoms. The number of hydrogen-bond donors (Lipinski definition) is 1. The first-order valence-corrected chi connectivity index (χ1v) is 12.4. The van der Waals surface area contributed by atoms with Crippen molar-refractivity contribution in [1.82, 2.24) is 0 Å². The monoisotopic (exact) mass is 446 g/mol. The fourth-order valence-corrected chi connectivity index (χ4v) is 0.302. The van der Waals surface area contributed by atoms with Crippen molar-refractivity contribution in [3.8, 4) is 0 Å². The second-order valence-corrected chi connectivity index (χ2v) is 6.84. The van der Waals surface area contributed by atoms with Crippen molar-refractivity contribution in [2.24, 2.45) is 0 Å². The molecule has 0 rings (SSSR count). The number of aliphatic hydroxyl groups is 1. The van der Waals surface area contributed by atoms with E-state index in [0.29, 0.717) is 13.2 Å². The minimum atomic E-state index is -0.889. The molecule has 0 unspecified atom stereocenters. The summed E-state index contributed by atoms with van der Waals surface area (Å²) in [5, 5.41) is 20.8. The van der Waals surface area contributed by atoms with E-state index in [1.165, 1.54) is 19.9 Å². The molecular weight excluding hydrogens is 424 g/mol. The Bertz CT molecular complexity index is 146. The third kappa shape index (κ3) is 132. The van der Waals surface area contributed by atoms with Gasteiger partial charge in [-0.15, -0.1) is 0 Å². The summed E-state index contributed by atoms with van der Waals surface area (Å²) in [6.07, 6.45) is 1.28. The number of ketones is 1. The maximum atomic E-state index is 8.40. The van der Waals surface area contributed by atoms with Gasteiger partial charge in [0.2, 0.25) is 0 Å². The van der Waals surface area contributed by atoms with Crippen LogP contribution in [0.25, 0.3) is 0 Å². The Morgan fingerprint density at radius 1 is 1.25 bits per heavy atom. The summed E-state index contributed by atoms with van der Waals surface area (Å²) in [7, 11) is 9.89. The molecule has 99 valence electrons. The van der Waals surface area contributed by atoms with E-state index in [0.717, 1.165) is 0 Å². The van der Waals surface area contributed by atoms with Gasteiger partial charge < -0.3 is 15.3 Å². The molecule has 0 aromatic carbocycles. The van der Waals surface area contributed by atoms with Crippen LogP contribution >= 0.6 is 18.4 Å². The third-order valence-electron chi connectivity index (χ3n) is 0.418. The topological polar surface area (TPSA) is 87.4 Å². The van der Waals surface area contributed by atoms with Gasteiger partial charge in [0.25, 0.3) is 0 Å². The van der Waals surface area contributed by atoms with E-state index < -0.39 is 17.6 Å². The van der Waals surface area contributed by atoms with Gasteiger partial charge in [-0.25, -0.2) is 0 Å². The van der Waals surface area contributed by atoms with Gasteiger partial charge >= 0.3 is 41.8 Å². The molecule has 0 saturated carbocycles. The Kier molecular flexibility index (Phi) is 46.8. The average Bonchev–Trinajstić information content (AvgIpc) is 2.04. The van der Waals surface area contributed by atoms with Crippen LogP contribution in [0.3, 0.4) is 0 Å². The number of halogens is 2. The van der Waals surface area contributed by atoms with Crippen molar-refractivity contribution in [2.45, 2.75) is 27.7 Å². The van der Waals surface area contributed by atoms with Gasteiger partial charge in [0, 0.05) is 13.8 Å². The Hall–Kier alpha value is 0.450. The van der Waals surface area contributed by atoms with E-state index in [2.05, 4.69) is 0 Å². The zero-order valence-electron chi connectivity index (χ0n) is 10.1. The molecule has 0 saturated heterocycles. The first kappa shape index (κ1) is 25.3. The van der Waals surface area contributed by atoms with Gasteiger partial charge in [0.1, 0.15) is 13.2 Å². The fourth-order valence-electron chi connectivity index (χ4n) is 0.302. The van der Waals surface area contributed by atoms with Crippen molar-refractivity contribution in [3.05, 3.63) is 11.8 Å². The zero-order chi connectivity index (χ0) is 14.0. The molecule has 7 heteroatoms. The second-order valence-electron chi connectivity index (χ2n) is 2.20. The molecule has 0 heterocycles. The first-order chi connectivity index (χ1) is 7.37. The van der Waals surface area contributed by atoms with Crippen LogP contribution in [0.2, 0.25) is 0 Å². The van der Waals surface area contributed by atoms with Crippen LogP contribution in [-0.4, -0.2) is 39.1 Å². The SMILES string of the molecule is CC(=[OH+])/C=C(/C)O.CC[OH2+].CC[OH2+].[Cl][Ta][Cl]. The molecule has 0 aromatic rings. The molecule has 4 nitrogen and oxygen atoms in total. The van der Waals surface area contributed by atoms with Gasteiger partial charge in [0.05, 0.1) is 18.8 Å². The normalized spacial score (nSPS) is 8.12. The molecule has 0 atom stereocenters. The van der Waals surface area contributed by atoms with Gasteiger partial charge in [-0.05, 0) is 6.92 Å². The predicted molar refractivity (Wildman–Crippen MR) is 69.0 cm³/mol. The van der Waals surface area contributed by atoms with Gasteiger partial charge in [-0.2, -0.15) is 0 Å². The van der Waals surface area contributed by atoms with Crippen LogP contribution in [0.5, 0.6) is 0 Å². The van der Waals surface area contributed by atoms with Crippen molar-refractivity contribution in [3.63, 3.8) is 0 Å². The molecule has 0 radical (unpaired) electrons. The van der Waals surface area contributed by atoms with Gasteiger partial charge in [-0.1, -0.05) is 0 Å². The van der Waals surface area contributed by atoms with E-state index in [9.17, 15) is 0 Å². The molecule has 0 aliphatic heterocycles. The van der Waals surface area contributed by atoms with Crippen molar-refractivity contribution in [1.29, 1.82) is 0 Å². The molecule has 0 aliphatic rings. The van der Waals surface area contributed by atoms with Gasteiger partial charge in [-0.3, -0.25) is 4.79 Å². The molecule has 0 aromatic heterocycles. The molecule has 0 fully saturated rings.